The van der Waals surface area contributed by atoms with E-state index in [0.29, 0.717) is 23.8 Å². The van der Waals surface area contributed by atoms with Crippen LogP contribution in [0.3, 0.4) is 0 Å². The van der Waals surface area contributed by atoms with E-state index in [-0.39, 0.29) is 18.0 Å². The summed E-state index contributed by atoms with van der Waals surface area (Å²) < 4.78 is 41.9. The second kappa shape index (κ2) is 10.5. The number of esters is 1. The van der Waals surface area contributed by atoms with E-state index in [1.54, 1.807) is 36.4 Å². The van der Waals surface area contributed by atoms with Crippen molar-refractivity contribution < 1.29 is 32.2 Å². The molecule has 0 unspecified atom stereocenters. The monoisotopic (exact) mass is 436 g/mol. The summed E-state index contributed by atoms with van der Waals surface area (Å²) in [5, 5.41) is 2.35. The number of carbonyl (C=O) groups is 2. The lowest BCUT2D eigenvalue weighted by Crippen LogP contribution is -2.33. The first-order chi connectivity index (χ1) is 14.3. The van der Waals surface area contributed by atoms with Crippen LogP contribution >= 0.6 is 0 Å². The maximum Gasteiger partial charge on any atom is 0.325 e. The summed E-state index contributed by atoms with van der Waals surface area (Å²) in [7, 11) is -1.08. The summed E-state index contributed by atoms with van der Waals surface area (Å²) in [5.74, 6) is -0.0841. The van der Waals surface area contributed by atoms with Crippen molar-refractivity contribution in [3.8, 4) is 11.5 Å². The van der Waals surface area contributed by atoms with Gasteiger partial charge in [-0.3, -0.25) is 13.9 Å². The van der Waals surface area contributed by atoms with Gasteiger partial charge < -0.3 is 19.5 Å². The van der Waals surface area contributed by atoms with Gasteiger partial charge in [0.15, 0.2) is 6.61 Å². The van der Waals surface area contributed by atoms with E-state index in [0.717, 1.165) is 4.31 Å². The number of rotatable bonds is 10. The Bertz CT molecular complexity index is 958. The Morgan fingerprint density at radius 3 is 2.10 bits per heavy atom. The molecule has 0 aliphatic rings. The third-order valence-electron chi connectivity index (χ3n) is 4.02. The second-order valence-corrected chi connectivity index (χ2v) is 7.98. The highest BCUT2D eigenvalue weighted by Gasteiger charge is 2.21. The number of sulfonamides is 1. The van der Waals surface area contributed by atoms with E-state index in [9.17, 15) is 18.0 Å². The zero-order valence-electron chi connectivity index (χ0n) is 17.0. The molecule has 2 aromatic carbocycles. The van der Waals surface area contributed by atoms with Crippen LogP contribution < -0.4 is 19.1 Å². The van der Waals surface area contributed by atoms with Crippen molar-refractivity contribution in [3.05, 3.63) is 48.5 Å². The molecule has 0 heterocycles. The lowest BCUT2D eigenvalue weighted by atomic mass is 10.3. The van der Waals surface area contributed by atoms with Gasteiger partial charge >= 0.3 is 5.97 Å². The molecule has 10 heteroatoms. The van der Waals surface area contributed by atoms with Crippen LogP contribution in [0.25, 0.3) is 0 Å². The predicted octanol–water partition coefficient (Wildman–Crippen LogP) is 1.58. The molecule has 30 heavy (non-hydrogen) atoms. The van der Waals surface area contributed by atoms with Gasteiger partial charge in [-0.25, -0.2) is 8.42 Å². The quantitative estimate of drug-likeness (QED) is 0.563. The Balaban J connectivity index is 1.99. The fourth-order valence-electron chi connectivity index (χ4n) is 2.37. The van der Waals surface area contributed by atoms with E-state index < -0.39 is 21.9 Å². The number of hydrogen-bond acceptors (Lipinski definition) is 7. The van der Waals surface area contributed by atoms with Crippen LogP contribution in [0.2, 0.25) is 0 Å². The van der Waals surface area contributed by atoms with Crippen molar-refractivity contribution in [2.45, 2.75) is 11.8 Å². The molecule has 0 spiro atoms. The minimum atomic E-state index is -3.75. The zero-order chi connectivity index (χ0) is 22.1. The number of methoxy groups -OCH3 is 1. The van der Waals surface area contributed by atoms with Gasteiger partial charge in [0.05, 0.1) is 24.3 Å². The molecule has 2 aromatic rings. The molecule has 0 radical (unpaired) electrons. The molecule has 2 rings (SSSR count). The molecule has 1 amide bonds. The van der Waals surface area contributed by atoms with E-state index in [1.165, 1.54) is 26.3 Å². The largest absolute Gasteiger partial charge is 0.494 e. The van der Waals surface area contributed by atoms with Crippen LogP contribution in [0.5, 0.6) is 11.5 Å². The molecule has 0 aromatic heterocycles. The molecule has 0 saturated heterocycles. The van der Waals surface area contributed by atoms with E-state index in [4.69, 9.17) is 9.47 Å². The zero-order valence-corrected chi connectivity index (χ0v) is 17.8. The summed E-state index contributed by atoms with van der Waals surface area (Å²) in [5.41, 5.74) is 0.423. The van der Waals surface area contributed by atoms with Gasteiger partial charge in [-0.2, -0.15) is 0 Å². The summed E-state index contributed by atoms with van der Waals surface area (Å²) in [6, 6.07) is 12.4. The van der Waals surface area contributed by atoms with Crippen molar-refractivity contribution in [3.63, 3.8) is 0 Å². The average Bonchev–Trinajstić information content (AvgIpc) is 2.76. The minimum absolute atomic E-state index is 0.135. The highest BCUT2D eigenvalue weighted by molar-refractivity contribution is 7.92. The van der Waals surface area contributed by atoms with Gasteiger partial charge in [0, 0.05) is 7.05 Å². The Hall–Kier alpha value is -3.27. The van der Waals surface area contributed by atoms with Crippen molar-refractivity contribution >= 4 is 27.6 Å². The fourth-order valence-corrected chi connectivity index (χ4v) is 3.56. The number of ether oxygens (including phenoxy) is 3. The lowest BCUT2D eigenvalue weighted by molar-refractivity contribution is -0.141. The standard InChI is InChI=1S/C20H24N2O7S/c1-4-28-16-9-11-18(12-10-16)30(25,26)22(2)15-5-7-17(8-6-15)29-14-19(23)21-13-20(24)27-3/h5-12H,4,13-14H2,1-3H3,(H,21,23). The fraction of sp³-hybridized carbons (Fsp3) is 0.300. The maximum atomic E-state index is 12.8. The van der Waals surface area contributed by atoms with Crippen molar-refractivity contribution in [1.82, 2.24) is 5.32 Å². The third-order valence-corrected chi connectivity index (χ3v) is 5.82. The van der Waals surface area contributed by atoms with Crippen LogP contribution in [-0.2, 0) is 24.3 Å². The lowest BCUT2D eigenvalue weighted by Gasteiger charge is -2.20. The first-order valence-corrected chi connectivity index (χ1v) is 10.5. The molecule has 1 N–H and O–H groups in total. The minimum Gasteiger partial charge on any atom is -0.494 e. The van der Waals surface area contributed by atoms with Gasteiger partial charge in [-0.1, -0.05) is 0 Å². The SMILES string of the molecule is CCOc1ccc(S(=O)(=O)N(C)c2ccc(OCC(=O)NCC(=O)OC)cc2)cc1. The first-order valence-electron chi connectivity index (χ1n) is 9.06. The van der Waals surface area contributed by atoms with Crippen LogP contribution in [0, 0.1) is 0 Å². The summed E-state index contributed by atoms with van der Waals surface area (Å²) in [4.78, 5) is 22.7. The summed E-state index contributed by atoms with van der Waals surface area (Å²) >= 11 is 0. The Morgan fingerprint density at radius 1 is 0.967 bits per heavy atom. The Kier molecular flexibility index (Phi) is 8.05. The molecule has 0 aliphatic carbocycles. The van der Waals surface area contributed by atoms with Gasteiger partial charge in [-0.05, 0) is 55.5 Å². The Labute approximate surface area is 175 Å². The van der Waals surface area contributed by atoms with Gasteiger partial charge in [0.1, 0.15) is 18.0 Å². The molecule has 0 bridgehead atoms. The number of nitrogens with zero attached hydrogens (tertiary/aromatic N) is 1. The first kappa shape index (κ1) is 23.0. The van der Waals surface area contributed by atoms with Crippen LogP contribution in [0.15, 0.2) is 53.4 Å². The number of hydrogen-bond donors (Lipinski definition) is 1. The number of anilines is 1. The van der Waals surface area contributed by atoms with E-state index in [1.807, 2.05) is 6.92 Å². The van der Waals surface area contributed by atoms with Crippen LogP contribution in [0.1, 0.15) is 6.92 Å². The normalized spacial score (nSPS) is 10.8. The van der Waals surface area contributed by atoms with E-state index >= 15 is 0 Å². The number of nitrogens with one attached hydrogen (secondary N) is 1. The highest BCUT2D eigenvalue weighted by atomic mass is 32.2. The highest BCUT2D eigenvalue weighted by Crippen LogP contribution is 2.25. The second-order valence-electron chi connectivity index (χ2n) is 6.01. The van der Waals surface area contributed by atoms with Crippen molar-refractivity contribution in [1.29, 1.82) is 0 Å². The van der Waals surface area contributed by atoms with Gasteiger partial charge in [0.25, 0.3) is 15.9 Å². The average molecular weight is 436 g/mol. The number of benzene rings is 2. The van der Waals surface area contributed by atoms with Crippen molar-refractivity contribution in [2.75, 3.05) is 38.2 Å². The van der Waals surface area contributed by atoms with E-state index in [2.05, 4.69) is 10.1 Å². The molecule has 0 atom stereocenters. The Morgan fingerprint density at radius 2 is 1.53 bits per heavy atom. The molecular formula is C20H24N2O7S. The molecule has 162 valence electrons. The molecule has 0 aliphatic heterocycles. The van der Waals surface area contributed by atoms with Gasteiger partial charge in [0.2, 0.25) is 0 Å². The van der Waals surface area contributed by atoms with Gasteiger partial charge in [-0.15, -0.1) is 0 Å². The maximum absolute atomic E-state index is 12.8. The van der Waals surface area contributed by atoms with Crippen molar-refractivity contribution in [2.24, 2.45) is 0 Å². The molecular weight excluding hydrogens is 412 g/mol. The number of carbonyl (C=O) groups excluding carboxylic acids is 2. The van der Waals surface area contributed by atoms with Crippen LogP contribution in [0.4, 0.5) is 5.69 Å². The summed E-state index contributed by atoms with van der Waals surface area (Å²) in [6.07, 6.45) is 0. The number of amides is 1. The molecule has 0 fully saturated rings. The molecule has 9 nitrogen and oxygen atoms in total. The summed E-state index contributed by atoms with van der Waals surface area (Å²) in [6.45, 7) is 1.80. The predicted molar refractivity (Wildman–Crippen MR) is 110 cm³/mol. The van der Waals surface area contributed by atoms with Crippen LogP contribution in [-0.4, -0.2) is 54.2 Å². The third kappa shape index (κ3) is 6.11. The topological polar surface area (TPSA) is 111 Å². The molecule has 0 saturated carbocycles. The smallest absolute Gasteiger partial charge is 0.325 e.